The van der Waals surface area contributed by atoms with Crippen LogP contribution in [-0.4, -0.2) is 20.7 Å². The Morgan fingerprint density at radius 3 is 2.48 bits per heavy atom. The third-order valence-electron chi connectivity index (χ3n) is 3.86. The molecule has 152 valence electrons. The first-order valence-corrected chi connectivity index (χ1v) is 9.95. The second-order valence-electron chi connectivity index (χ2n) is 6.05. The molecule has 29 heavy (non-hydrogen) atoms. The van der Waals surface area contributed by atoms with Crippen molar-refractivity contribution in [1.82, 2.24) is 15.0 Å². The van der Waals surface area contributed by atoms with Gasteiger partial charge in [0.25, 0.3) is 0 Å². The number of benzene rings is 2. The summed E-state index contributed by atoms with van der Waals surface area (Å²) in [6.45, 7) is 0.347. The minimum atomic E-state index is -4.33. The molecule has 0 bridgehead atoms. The van der Waals surface area contributed by atoms with Crippen LogP contribution >= 0.6 is 23.4 Å². The van der Waals surface area contributed by atoms with Gasteiger partial charge in [0.1, 0.15) is 0 Å². The van der Waals surface area contributed by atoms with E-state index >= 15 is 0 Å². The summed E-state index contributed by atoms with van der Waals surface area (Å²) in [4.78, 5) is 12.6. The topological polar surface area (TPSA) is 76.7 Å². The first kappa shape index (κ1) is 21.2. The van der Waals surface area contributed by atoms with E-state index in [9.17, 15) is 13.2 Å². The Bertz CT molecular complexity index is 967. The molecular weight excluding hydrogens is 423 g/mol. The van der Waals surface area contributed by atoms with Crippen LogP contribution in [0.25, 0.3) is 0 Å². The summed E-state index contributed by atoms with van der Waals surface area (Å²) < 4.78 is 37.8. The average Bonchev–Trinajstić information content (AvgIpc) is 2.66. The molecule has 3 rings (SSSR count). The number of hydrogen-bond acceptors (Lipinski definition) is 6. The zero-order valence-corrected chi connectivity index (χ0v) is 16.7. The molecule has 0 aliphatic heterocycles. The van der Waals surface area contributed by atoms with Gasteiger partial charge in [-0.25, -0.2) is 4.98 Å². The molecule has 0 unspecified atom stereocenters. The van der Waals surface area contributed by atoms with Crippen LogP contribution in [0.15, 0.2) is 53.7 Å². The molecule has 3 N–H and O–H groups in total. The highest BCUT2D eigenvalue weighted by atomic mass is 35.5. The monoisotopic (exact) mass is 439 g/mol. The van der Waals surface area contributed by atoms with Crippen molar-refractivity contribution in [2.45, 2.75) is 24.3 Å². The van der Waals surface area contributed by atoms with E-state index < -0.39 is 11.7 Å². The summed E-state index contributed by atoms with van der Waals surface area (Å²) in [6, 6.07) is 12.4. The zero-order valence-electron chi connectivity index (χ0n) is 15.1. The van der Waals surface area contributed by atoms with Gasteiger partial charge in [-0.2, -0.15) is 23.1 Å². The van der Waals surface area contributed by atoms with E-state index in [0.29, 0.717) is 34.7 Å². The van der Waals surface area contributed by atoms with E-state index in [4.69, 9.17) is 17.3 Å². The number of nitrogen functional groups attached to an aromatic ring is 1. The maximum Gasteiger partial charge on any atom is 0.416 e. The van der Waals surface area contributed by atoms with Gasteiger partial charge in [0.2, 0.25) is 5.95 Å². The van der Waals surface area contributed by atoms with E-state index in [1.54, 1.807) is 12.1 Å². The lowest BCUT2D eigenvalue weighted by molar-refractivity contribution is -0.137. The fourth-order valence-electron chi connectivity index (χ4n) is 2.46. The van der Waals surface area contributed by atoms with Crippen LogP contribution in [0.1, 0.15) is 17.0 Å². The minimum absolute atomic E-state index is 0.111. The third-order valence-corrected chi connectivity index (χ3v) is 4.94. The van der Waals surface area contributed by atoms with Gasteiger partial charge in [-0.15, -0.1) is 0 Å². The van der Waals surface area contributed by atoms with E-state index in [-0.39, 0.29) is 5.95 Å². The van der Waals surface area contributed by atoms with Gasteiger partial charge in [0.15, 0.2) is 11.0 Å². The molecular formula is C19H17ClF3N5S. The van der Waals surface area contributed by atoms with Crippen molar-refractivity contribution in [3.05, 3.63) is 70.5 Å². The van der Waals surface area contributed by atoms with Crippen LogP contribution in [0, 0.1) is 0 Å². The summed E-state index contributed by atoms with van der Waals surface area (Å²) in [5.41, 5.74) is 6.73. The molecule has 0 spiro atoms. The second kappa shape index (κ2) is 9.32. The van der Waals surface area contributed by atoms with Crippen molar-refractivity contribution in [1.29, 1.82) is 0 Å². The molecule has 1 aromatic heterocycles. The second-order valence-corrected chi connectivity index (χ2v) is 7.55. The fraction of sp³-hybridized carbons (Fsp3) is 0.211. The van der Waals surface area contributed by atoms with Crippen molar-refractivity contribution < 1.29 is 13.2 Å². The number of aromatic nitrogens is 3. The normalized spacial score (nSPS) is 11.4. The molecule has 0 amide bonds. The van der Waals surface area contributed by atoms with Gasteiger partial charge >= 0.3 is 6.18 Å². The Kier molecular flexibility index (Phi) is 6.81. The van der Waals surface area contributed by atoms with Crippen LogP contribution in [-0.2, 0) is 19.1 Å². The average molecular weight is 440 g/mol. The molecule has 5 nitrogen and oxygen atoms in total. The number of anilines is 2. The third kappa shape index (κ3) is 6.50. The number of nitrogens with two attached hydrogens (primary N) is 1. The molecule has 0 radical (unpaired) electrons. The van der Waals surface area contributed by atoms with Crippen molar-refractivity contribution in [3.8, 4) is 0 Å². The van der Waals surface area contributed by atoms with Gasteiger partial charge in [-0.05, 0) is 42.3 Å². The molecule has 0 saturated heterocycles. The summed E-state index contributed by atoms with van der Waals surface area (Å²) in [6.07, 6.45) is -3.75. The predicted molar refractivity (Wildman–Crippen MR) is 109 cm³/mol. The van der Waals surface area contributed by atoms with Crippen molar-refractivity contribution >= 4 is 35.0 Å². The number of hydrogen-bond donors (Lipinski definition) is 2. The number of nitrogens with one attached hydrogen (secondary N) is 1. The molecule has 10 heteroatoms. The van der Waals surface area contributed by atoms with Crippen molar-refractivity contribution in [2.24, 2.45) is 0 Å². The first-order chi connectivity index (χ1) is 13.8. The summed E-state index contributed by atoms with van der Waals surface area (Å²) in [5, 5.41) is 4.24. The zero-order chi connectivity index (χ0) is 20.9. The van der Waals surface area contributed by atoms with Gasteiger partial charge in [0, 0.05) is 16.5 Å². The Balaban J connectivity index is 1.55. The van der Waals surface area contributed by atoms with Crippen LogP contribution < -0.4 is 11.1 Å². The number of rotatable bonds is 7. The number of aryl methyl sites for hydroxylation is 1. The van der Waals surface area contributed by atoms with Crippen molar-refractivity contribution in [3.63, 3.8) is 0 Å². The highest BCUT2D eigenvalue weighted by Crippen LogP contribution is 2.29. The molecule has 0 fully saturated rings. The lowest BCUT2D eigenvalue weighted by atomic mass is 10.1. The van der Waals surface area contributed by atoms with Gasteiger partial charge in [-0.1, -0.05) is 41.6 Å². The van der Waals surface area contributed by atoms with Crippen LogP contribution in [0.3, 0.4) is 0 Å². The smallest absolute Gasteiger partial charge is 0.378 e. The summed E-state index contributed by atoms with van der Waals surface area (Å²) in [5.74, 6) is 1.19. The summed E-state index contributed by atoms with van der Waals surface area (Å²) >= 11 is 7.32. The van der Waals surface area contributed by atoms with Gasteiger partial charge in [0.05, 0.1) is 12.1 Å². The Labute approximate surface area is 174 Å². The molecule has 1 heterocycles. The molecule has 2 aromatic carbocycles. The molecule has 0 saturated carbocycles. The fourth-order valence-corrected chi connectivity index (χ4v) is 3.50. The number of alkyl halides is 3. The van der Waals surface area contributed by atoms with E-state index in [1.807, 2.05) is 12.1 Å². The Morgan fingerprint density at radius 1 is 1.03 bits per heavy atom. The number of halogens is 4. The number of nitrogens with zero attached hydrogens (tertiary/aromatic N) is 3. The van der Waals surface area contributed by atoms with Crippen LogP contribution in [0.5, 0.6) is 0 Å². The quantitative estimate of drug-likeness (QED) is 0.500. The molecule has 0 atom stereocenters. The summed E-state index contributed by atoms with van der Waals surface area (Å²) in [7, 11) is 0. The Hall–Kier alpha value is -2.52. The van der Waals surface area contributed by atoms with E-state index in [0.717, 1.165) is 23.4 Å². The van der Waals surface area contributed by atoms with Crippen LogP contribution in [0.2, 0.25) is 5.02 Å². The highest BCUT2D eigenvalue weighted by Gasteiger charge is 2.29. The predicted octanol–water partition coefficient (Wildman–Crippen LogP) is 5.07. The van der Waals surface area contributed by atoms with E-state index in [1.165, 1.54) is 23.9 Å². The van der Waals surface area contributed by atoms with Gasteiger partial charge < -0.3 is 11.1 Å². The maximum absolute atomic E-state index is 12.6. The first-order valence-electron chi connectivity index (χ1n) is 8.58. The van der Waals surface area contributed by atoms with Crippen LogP contribution in [0.4, 0.5) is 24.8 Å². The molecule has 3 aromatic rings. The lowest BCUT2D eigenvalue weighted by Gasteiger charge is -2.08. The Morgan fingerprint density at radius 2 is 1.79 bits per heavy atom. The SMILES string of the molecule is Nc1nc(CNc2cccc(Cl)c2)nc(SCCc2ccc(C(F)(F)F)cc2)n1. The largest absolute Gasteiger partial charge is 0.416 e. The lowest BCUT2D eigenvalue weighted by Crippen LogP contribution is -2.09. The minimum Gasteiger partial charge on any atom is -0.378 e. The number of thioether (sulfide) groups is 1. The standard InChI is InChI=1S/C19H17ClF3N5S/c20-14-2-1-3-15(10-14)25-11-16-26-17(24)28-18(27-16)29-9-8-12-4-6-13(7-5-12)19(21,22)23/h1-7,10,25H,8-9,11H2,(H2,24,26,27,28). The maximum atomic E-state index is 12.6. The highest BCUT2D eigenvalue weighted by molar-refractivity contribution is 7.99. The molecule has 0 aliphatic carbocycles. The molecule has 0 aliphatic rings. The van der Waals surface area contributed by atoms with Gasteiger partial charge in [-0.3, -0.25) is 0 Å². The van der Waals surface area contributed by atoms with E-state index in [2.05, 4.69) is 20.3 Å². The van der Waals surface area contributed by atoms with Crippen molar-refractivity contribution in [2.75, 3.05) is 16.8 Å².